The van der Waals surface area contributed by atoms with E-state index in [1.807, 2.05) is 13.0 Å². The summed E-state index contributed by atoms with van der Waals surface area (Å²) in [6.07, 6.45) is 5.73. The summed E-state index contributed by atoms with van der Waals surface area (Å²) in [5.41, 5.74) is -0.570. The first-order valence-electron chi connectivity index (χ1n) is 5.82. The number of carbonyl (C=O) groups excluding carboxylic acids is 1. The number of carbonyl (C=O) groups is 1. The largest absolute Gasteiger partial charge is 0.394 e. The first-order valence-corrected chi connectivity index (χ1v) is 5.82. The number of aliphatic hydroxyl groups is 2. The molecule has 4 heteroatoms. The normalized spacial score (nSPS) is 17.9. The maximum atomic E-state index is 11.7. The van der Waals surface area contributed by atoms with E-state index in [-0.39, 0.29) is 12.5 Å². The number of aliphatic hydroxyl groups excluding tert-OH is 1. The molecule has 0 radical (unpaired) electrons. The average Bonchev–Trinajstić information content (AvgIpc) is 2.32. The molecule has 2 atom stereocenters. The van der Waals surface area contributed by atoms with Crippen LogP contribution in [0.3, 0.4) is 0 Å². The molecule has 0 aliphatic heterocycles. The predicted octanol–water partition coefficient (Wildman–Crippen LogP) is 1.15. The number of rotatable bonds is 6. The molecule has 0 fully saturated rings. The van der Waals surface area contributed by atoms with Crippen molar-refractivity contribution in [1.29, 1.82) is 0 Å². The maximum absolute atomic E-state index is 11.7. The lowest BCUT2D eigenvalue weighted by Gasteiger charge is -2.31. The van der Waals surface area contributed by atoms with Crippen molar-refractivity contribution < 1.29 is 15.0 Å². The van der Waals surface area contributed by atoms with Gasteiger partial charge in [-0.05, 0) is 27.2 Å². The van der Waals surface area contributed by atoms with Gasteiger partial charge in [0.25, 0.3) is 0 Å². The Morgan fingerprint density at radius 3 is 2.53 bits per heavy atom. The van der Waals surface area contributed by atoms with E-state index >= 15 is 0 Å². The molecule has 0 spiro atoms. The second-order valence-electron chi connectivity index (χ2n) is 4.29. The minimum Gasteiger partial charge on any atom is -0.394 e. The van der Waals surface area contributed by atoms with Crippen LogP contribution in [0.2, 0.25) is 0 Å². The van der Waals surface area contributed by atoms with Crippen molar-refractivity contribution in [2.75, 3.05) is 6.61 Å². The molecular formula is C13H23NO3. The fraction of sp³-hybridized carbons (Fsp3) is 0.615. The first kappa shape index (κ1) is 15.9. The van der Waals surface area contributed by atoms with E-state index < -0.39 is 11.6 Å². The summed E-state index contributed by atoms with van der Waals surface area (Å²) >= 11 is 0. The van der Waals surface area contributed by atoms with Crippen LogP contribution in [0.4, 0.5) is 0 Å². The summed E-state index contributed by atoms with van der Waals surface area (Å²) in [7, 11) is 0. The monoisotopic (exact) mass is 241 g/mol. The zero-order valence-corrected chi connectivity index (χ0v) is 11.0. The number of amides is 1. The summed E-state index contributed by atoms with van der Waals surface area (Å²) in [5, 5.41) is 21.8. The molecule has 17 heavy (non-hydrogen) atoms. The molecular weight excluding hydrogens is 218 g/mol. The van der Waals surface area contributed by atoms with Crippen LogP contribution in [-0.2, 0) is 4.79 Å². The lowest BCUT2D eigenvalue weighted by atomic mass is 9.94. The number of nitrogens with one attached hydrogen (secondary N) is 1. The summed E-state index contributed by atoms with van der Waals surface area (Å²) in [4.78, 5) is 11.7. The van der Waals surface area contributed by atoms with E-state index in [0.717, 1.165) is 0 Å². The third-order valence-electron chi connectivity index (χ3n) is 2.85. The smallest absolute Gasteiger partial charge is 0.247 e. The molecule has 0 heterocycles. The molecule has 0 saturated carbocycles. The fourth-order valence-corrected chi connectivity index (χ4v) is 1.23. The van der Waals surface area contributed by atoms with E-state index in [0.29, 0.717) is 12.0 Å². The molecule has 0 aromatic rings. The third kappa shape index (κ3) is 5.15. The van der Waals surface area contributed by atoms with Crippen molar-refractivity contribution in [1.82, 2.24) is 5.32 Å². The highest BCUT2D eigenvalue weighted by atomic mass is 16.3. The van der Waals surface area contributed by atoms with Gasteiger partial charge in [-0.1, -0.05) is 25.2 Å². The summed E-state index contributed by atoms with van der Waals surface area (Å²) in [6.45, 7) is 6.66. The molecule has 0 bridgehead atoms. The van der Waals surface area contributed by atoms with Gasteiger partial charge in [-0.25, -0.2) is 0 Å². The van der Waals surface area contributed by atoms with Crippen LogP contribution in [0, 0.1) is 0 Å². The summed E-state index contributed by atoms with van der Waals surface area (Å²) < 4.78 is 0. The summed E-state index contributed by atoms with van der Waals surface area (Å²) in [6, 6.07) is -0.658. The van der Waals surface area contributed by atoms with Crippen LogP contribution >= 0.6 is 0 Å². The molecule has 3 N–H and O–H groups in total. The molecule has 0 aromatic carbocycles. The zero-order valence-electron chi connectivity index (χ0n) is 11.0. The first-order chi connectivity index (χ1) is 7.88. The second kappa shape index (κ2) is 7.25. The molecule has 4 nitrogen and oxygen atoms in total. The van der Waals surface area contributed by atoms with Gasteiger partial charge in [-0.3, -0.25) is 4.79 Å². The molecule has 0 unspecified atom stereocenters. The molecule has 0 aromatic heterocycles. The van der Waals surface area contributed by atoms with Crippen molar-refractivity contribution >= 4 is 5.91 Å². The molecule has 0 rings (SSSR count). The Balaban J connectivity index is 4.65. The van der Waals surface area contributed by atoms with Crippen molar-refractivity contribution in [2.24, 2.45) is 0 Å². The minimum absolute atomic E-state index is 0.282. The fourth-order valence-electron chi connectivity index (χ4n) is 1.23. The van der Waals surface area contributed by atoms with Gasteiger partial charge < -0.3 is 15.5 Å². The van der Waals surface area contributed by atoms with E-state index in [1.54, 1.807) is 32.9 Å². The summed E-state index contributed by atoms with van der Waals surface area (Å²) in [5.74, 6) is -0.282. The Morgan fingerprint density at radius 1 is 1.53 bits per heavy atom. The van der Waals surface area contributed by atoms with Crippen molar-refractivity contribution in [3.63, 3.8) is 0 Å². The lowest BCUT2D eigenvalue weighted by Crippen LogP contribution is -2.53. The van der Waals surface area contributed by atoms with Gasteiger partial charge in [-0.15, -0.1) is 0 Å². The van der Waals surface area contributed by atoms with Gasteiger partial charge in [0.2, 0.25) is 5.91 Å². The van der Waals surface area contributed by atoms with Crippen molar-refractivity contribution in [3.8, 4) is 0 Å². The standard InChI is InChI=1S/C13H23NO3/c1-5-7-8-10(3)12(16)14-11(9-15)13(4,17)6-2/h5,7-8,11,15,17H,6,9H2,1-4H3,(H,14,16)/b7-5+,10-8+/t11-,13-/m1/s1. The number of hydrogen-bond donors (Lipinski definition) is 3. The molecule has 98 valence electrons. The SMILES string of the molecule is C/C=C/C=C(\C)C(=O)N[C@H](CO)[C@](C)(O)CC. The van der Waals surface area contributed by atoms with Crippen LogP contribution in [0.5, 0.6) is 0 Å². The second-order valence-corrected chi connectivity index (χ2v) is 4.29. The number of hydrogen-bond acceptors (Lipinski definition) is 3. The number of allylic oxidation sites excluding steroid dienone is 3. The van der Waals surface area contributed by atoms with Gasteiger partial charge in [-0.2, -0.15) is 0 Å². The third-order valence-corrected chi connectivity index (χ3v) is 2.85. The molecule has 0 aliphatic carbocycles. The van der Waals surface area contributed by atoms with Crippen molar-refractivity contribution in [2.45, 2.75) is 45.8 Å². The van der Waals surface area contributed by atoms with Gasteiger partial charge in [0.1, 0.15) is 0 Å². The topological polar surface area (TPSA) is 69.6 Å². The zero-order chi connectivity index (χ0) is 13.5. The van der Waals surface area contributed by atoms with E-state index in [2.05, 4.69) is 5.32 Å². The highest BCUT2D eigenvalue weighted by Gasteiger charge is 2.30. The highest BCUT2D eigenvalue weighted by Crippen LogP contribution is 2.14. The van der Waals surface area contributed by atoms with Crippen LogP contribution in [0.25, 0.3) is 0 Å². The van der Waals surface area contributed by atoms with Crippen LogP contribution < -0.4 is 5.32 Å². The van der Waals surface area contributed by atoms with Crippen LogP contribution in [-0.4, -0.2) is 34.4 Å². The van der Waals surface area contributed by atoms with Crippen LogP contribution in [0.1, 0.15) is 34.1 Å². The Hall–Kier alpha value is -1.13. The molecule has 0 saturated heterocycles. The highest BCUT2D eigenvalue weighted by molar-refractivity contribution is 5.93. The van der Waals surface area contributed by atoms with E-state index in [1.165, 1.54) is 0 Å². The Kier molecular flexibility index (Phi) is 6.76. The van der Waals surface area contributed by atoms with Crippen molar-refractivity contribution in [3.05, 3.63) is 23.8 Å². The minimum atomic E-state index is -1.11. The predicted molar refractivity (Wildman–Crippen MR) is 68.5 cm³/mol. The van der Waals surface area contributed by atoms with E-state index in [4.69, 9.17) is 0 Å². The average molecular weight is 241 g/mol. The Bertz CT molecular complexity index is 306. The van der Waals surface area contributed by atoms with E-state index in [9.17, 15) is 15.0 Å². The van der Waals surface area contributed by atoms with Gasteiger partial charge >= 0.3 is 0 Å². The maximum Gasteiger partial charge on any atom is 0.247 e. The van der Waals surface area contributed by atoms with Crippen LogP contribution in [0.15, 0.2) is 23.8 Å². The van der Waals surface area contributed by atoms with Gasteiger partial charge in [0.05, 0.1) is 18.2 Å². The van der Waals surface area contributed by atoms with Gasteiger partial charge in [0, 0.05) is 5.57 Å². The van der Waals surface area contributed by atoms with Gasteiger partial charge in [0.15, 0.2) is 0 Å². The Labute approximate surface area is 103 Å². The quantitative estimate of drug-likeness (QED) is 0.482. The molecule has 1 amide bonds. The Morgan fingerprint density at radius 2 is 2.12 bits per heavy atom. The lowest BCUT2D eigenvalue weighted by molar-refractivity contribution is -0.121. The molecule has 0 aliphatic rings.